The topological polar surface area (TPSA) is 35.9 Å². The zero-order valence-corrected chi connectivity index (χ0v) is 18.1. The van der Waals surface area contributed by atoms with Crippen molar-refractivity contribution < 1.29 is 9.84 Å². The van der Waals surface area contributed by atoms with Crippen LogP contribution in [0.2, 0.25) is 0 Å². The number of ether oxygens (including phenoxy) is 1. The van der Waals surface area contributed by atoms with Gasteiger partial charge in [0, 0.05) is 39.3 Å². The first-order valence-electron chi connectivity index (χ1n) is 11.2. The van der Waals surface area contributed by atoms with Gasteiger partial charge >= 0.3 is 0 Å². The van der Waals surface area contributed by atoms with Crippen molar-refractivity contribution in [3.05, 3.63) is 90.5 Å². The van der Waals surface area contributed by atoms with Gasteiger partial charge in [0.1, 0.15) is 18.5 Å². The Balaban J connectivity index is 1.15. The SMILES string of the molecule is O[C@@H](COc1ccc(-c2ccccc2)cc1)CN1CCN(CCc2ccccc2)CC1. The minimum absolute atomic E-state index is 0.318. The van der Waals surface area contributed by atoms with Crippen molar-refractivity contribution in [2.75, 3.05) is 45.9 Å². The lowest BCUT2D eigenvalue weighted by atomic mass is 10.1. The maximum Gasteiger partial charge on any atom is 0.119 e. The van der Waals surface area contributed by atoms with Gasteiger partial charge in [-0.3, -0.25) is 4.90 Å². The molecule has 1 fully saturated rings. The Hall–Kier alpha value is -2.66. The van der Waals surface area contributed by atoms with E-state index in [1.165, 1.54) is 16.7 Å². The van der Waals surface area contributed by atoms with Crippen molar-refractivity contribution in [1.29, 1.82) is 0 Å². The number of benzene rings is 3. The van der Waals surface area contributed by atoms with Crippen LogP contribution in [0.3, 0.4) is 0 Å². The van der Waals surface area contributed by atoms with E-state index >= 15 is 0 Å². The Morgan fingerprint density at radius 3 is 1.97 bits per heavy atom. The molecule has 31 heavy (non-hydrogen) atoms. The summed E-state index contributed by atoms with van der Waals surface area (Å²) in [6.07, 6.45) is 0.616. The van der Waals surface area contributed by atoms with Crippen molar-refractivity contribution in [2.24, 2.45) is 0 Å². The molecule has 1 heterocycles. The zero-order chi connectivity index (χ0) is 21.3. The maximum atomic E-state index is 10.4. The van der Waals surface area contributed by atoms with Gasteiger partial charge in [0.25, 0.3) is 0 Å². The summed E-state index contributed by atoms with van der Waals surface area (Å²) in [5.41, 5.74) is 3.75. The van der Waals surface area contributed by atoms with Crippen molar-refractivity contribution in [3.63, 3.8) is 0 Å². The van der Waals surface area contributed by atoms with Crippen molar-refractivity contribution in [3.8, 4) is 16.9 Å². The minimum atomic E-state index is -0.482. The summed E-state index contributed by atoms with van der Waals surface area (Å²) in [6.45, 7) is 6.19. The molecule has 1 aliphatic heterocycles. The molecule has 1 aliphatic rings. The van der Waals surface area contributed by atoms with Gasteiger partial charge in [0.05, 0.1) is 0 Å². The number of hydrogen-bond donors (Lipinski definition) is 1. The summed E-state index contributed by atoms with van der Waals surface area (Å²) < 4.78 is 5.82. The third-order valence-electron chi connectivity index (χ3n) is 5.90. The highest BCUT2D eigenvalue weighted by atomic mass is 16.5. The van der Waals surface area contributed by atoms with Crippen molar-refractivity contribution in [2.45, 2.75) is 12.5 Å². The molecule has 0 unspecified atom stereocenters. The van der Waals surface area contributed by atoms with Crippen LogP contribution in [-0.4, -0.2) is 66.9 Å². The smallest absolute Gasteiger partial charge is 0.119 e. The Morgan fingerprint density at radius 2 is 1.29 bits per heavy atom. The molecule has 3 aromatic rings. The summed E-state index contributed by atoms with van der Waals surface area (Å²) in [7, 11) is 0. The van der Waals surface area contributed by atoms with Crippen LogP contribution in [0.4, 0.5) is 0 Å². The monoisotopic (exact) mass is 416 g/mol. The summed E-state index contributed by atoms with van der Waals surface area (Å²) in [6, 6.07) is 29.0. The lowest BCUT2D eigenvalue weighted by Crippen LogP contribution is -2.49. The predicted molar refractivity (Wildman–Crippen MR) is 126 cm³/mol. The molecule has 4 heteroatoms. The van der Waals surface area contributed by atoms with Gasteiger partial charge in [-0.25, -0.2) is 0 Å². The molecule has 1 saturated heterocycles. The second-order valence-electron chi connectivity index (χ2n) is 8.23. The molecular formula is C27H32N2O2. The number of piperazine rings is 1. The first-order chi connectivity index (χ1) is 15.3. The highest BCUT2D eigenvalue weighted by Gasteiger charge is 2.19. The van der Waals surface area contributed by atoms with Gasteiger partial charge in [-0.1, -0.05) is 72.8 Å². The van der Waals surface area contributed by atoms with Crippen molar-refractivity contribution >= 4 is 0 Å². The van der Waals surface area contributed by atoms with E-state index in [4.69, 9.17) is 4.74 Å². The van der Waals surface area contributed by atoms with Crippen LogP contribution in [-0.2, 0) is 6.42 Å². The summed E-state index contributed by atoms with van der Waals surface area (Å²) in [5, 5.41) is 10.4. The van der Waals surface area contributed by atoms with Crippen LogP contribution < -0.4 is 4.74 Å². The summed E-state index contributed by atoms with van der Waals surface area (Å²) in [5.74, 6) is 0.796. The molecule has 0 aromatic heterocycles. The molecule has 0 saturated carbocycles. The lowest BCUT2D eigenvalue weighted by Gasteiger charge is -2.35. The quantitative estimate of drug-likeness (QED) is 0.573. The third-order valence-corrected chi connectivity index (χ3v) is 5.90. The number of hydrogen-bond acceptors (Lipinski definition) is 4. The molecule has 0 amide bonds. The largest absolute Gasteiger partial charge is 0.491 e. The van der Waals surface area contributed by atoms with Gasteiger partial charge in [-0.2, -0.15) is 0 Å². The fourth-order valence-corrected chi connectivity index (χ4v) is 4.04. The molecule has 3 aromatic carbocycles. The average molecular weight is 417 g/mol. The molecule has 4 rings (SSSR count). The summed E-state index contributed by atoms with van der Waals surface area (Å²) in [4.78, 5) is 4.85. The molecule has 0 radical (unpaired) electrons. The normalized spacial score (nSPS) is 16.2. The Labute approximate surface area is 185 Å². The van der Waals surface area contributed by atoms with E-state index in [2.05, 4.69) is 64.4 Å². The van der Waals surface area contributed by atoms with Gasteiger partial charge in [0.15, 0.2) is 0 Å². The number of aliphatic hydroxyl groups is 1. The third kappa shape index (κ3) is 6.66. The standard InChI is InChI=1S/C27H32N2O2/c30-26(22-31-27-13-11-25(12-14-27)24-9-5-2-6-10-24)21-29-19-17-28(18-20-29)16-15-23-7-3-1-4-8-23/h1-14,26,30H,15-22H2/t26-/m1/s1. The molecule has 0 spiro atoms. The van der Waals surface area contributed by atoms with E-state index in [9.17, 15) is 5.11 Å². The van der Waals surface area contributed by atoms with E-state index in [0.717, 1.165) is 44.9 Å². The Morgan fingerprint density at radius 1 is 0.710 bits per heavy atom. The first-order valence-corrected chi connectivity index (χ1v) is 11.2. The Bertz CT molecular complexity index is 892. The molecule has 4 nitrogen and oxygen atoms in total. The van der Waals surface area contributed by atoms with E-state index in [1.807, 2.05) is 30.3 Å². The first kappa shape index (κ1) is 21.6. The number of aliphatic hydroxyl groups excluding tert-OH is 1. The van der Waals surface area contributed by atoms with E-state index in [1.54, 1.807) is 0 Å². The molecule has 1 N–H and O–H groups in total. The molecule has 0 aliphatic carbocycles. The van der Waals surface area contributed by atoms with Crippen LogP contribution in [0, 0.1) is 0 Å². The fraction of sp³-hybridized carbons (Fsp3) is 0.333. The minimum Gasteiger partial charge on any atom is -0.491 e. The van der Waals surface area contributed by atoms with Crippen LogP contribution in [0.25, 0.3) is 11.1 Å². The van der Waals surface area contributed by atoms with Crippen molar-refractivity contribution in [1.82, 2.24) is 9.80 Å². The van der Waals surface area contributed by atoms with Crippen LogP contribution in [0.15, 0.2) is 84.9 Å². The molecule has 1 atom stereocenters. The molecule has 162 valence electrons. The predicted octanol–water partition coefficient (Wildman–Crippen LogP) is 3.95. The van der Waals surface area contributed by atoms with Crippen LogP contribution in [0.1, 0.15) is 5.56 Å². The fourth-order valence-electron chi connectivity index (χ4n) is 4.04. The highest BCUT2D eigenvalue weighted by molar-refractivity contribution is 5.63. The molecular weight excluding hydrogens is 384 g/mol. The molecule has 0 bridgehead atoms. The van der Waals surface area contributed by atoms with Crippen LogP contribution >= 0.6 is 0 Å². The number of β-amino-alcohol motifs (C(OH)–C–C–N with tert-alkyl or cyclic N) is 1. The maximum absolute atomic E-state index is 10.4. The lowest BCUT2D eigenvalue weighted by molar-refractivity contribution is 0.0463. The second kappa shape index (κ2) is 11.1. The van der Waals surface area contributed by atoms with E-state index in [-0.39, 0.29) is 0 Å². The van der Waals surface area contributed by atoms with Gasteiger partial charge in [-0.15, -0.1) is 0 Å². The van der Waals surface area contributed by atoms with Crippen LogP contribution in [0.5, 0.6) is 5.75 Å². The second-order valence-corrected chi connectivity index (χ2v) is 8.23. The zero-order valence-electron chi connectivity index (χ0n) is 18.1. The summed E-state index contributed by atoms with van der Waals surface area (Å²) >= 11 is 0. The number of nitrogens with zero attached hydrogens (tertiary/aromatic N) is 2. The van der Waals surface area contributed by atoms with Gasteiger partial charge < -0.3 is 14.7 Å². The number of rotatable bonds is 9. The van der Waals surface area contributed by atoms with E-state index < -0.39 is 6.10 Å². The van der Waals surface area contributed by atoms with Gasteiger partial charge in [-0.05, 0) is 35.2 Å². The average Bonchev–Trinajstić information content (AvgIpc) is 2.84. The Kier molecular flexibility index (Phi) is 7.72. The van der Waals surface area contributed by atoms with Gasteiger partial charge in [0.2, 0.25) is 0 Å². The highest BCUT2D eigenvalue weighted by Crippen LogP contribution is 2.22. The van der Waals surface area contributed by atoms with E-state index in [0.29, 0.717) is 13.2 Å².